The van der Waals surface area contributed by atoms with Crippen LogP contribution < -0.4 is 0 Å². The van der Waals surface area contributed by atoms with Gasteiger partial charge in [-0.15, -0.1) is 0 Å². The Morgan fingerprint density at radius 2 is 1.69 bits per heavy atom. The van der Waals surface area contributed by atoms with E-state index in [0.717, 1.165) is 37.8 Å². The second-order valence-corrected chi connectivity index (χ2v) is 8.25. The molecule has 2 aliphatic carbocycles. The van der Waals surface area contributed by atoms with Crippen molar-refractivity contribution in [1.82, 2.24) is 9.55 Å². The Morgan fingerprint density at radius 1 is 0.962 bits per heavy atom. The van der Waals surface area contributed by atoms with Crippen LogP contribution in [0.3, 0.4) is 0 Å². The third kappa shape index (κ3) is 4.08. The van der Waals surface area contributed by atoms with Gasteiger partial charge in [-0.1, -0.05) is 62.4 Å². The fraction of sp³-hybridized carbons (Fsp3) is 0.565. The fourth-order valence-electron chi connectivity index (χ4n) is 4.83. The van der Waals surface area contributed by atoms with Crippen LogP contribution in [0.25, 0.3) is 11.3 Å². The molecule has 3 nitrogen and oxygen atoms in total. The zero-order chi connectivity index (χ0) is 17.8. The summed E-state index contributed by atoms with van der Waals surface area (Å²) in [5.74, 6) is 1.53. The molecule has 0 radical (unpaired) electrons. The van der Waals surface area contributed by atoms with E-state index in [4.69, 9.17) is 0 Å². The summed E-state index contributed by atoms with van der Waals surface area (Å²) in [6.45, 7) is 0. The van der Waals surface area contributed by atoms with Crippen molar-refractivity contribution in [3.63, 3.8) is 0 Å². The lowest BCUT2D eigenvalue weighted by molar-refractivity contribution is -0.125. The van der Waals surface area contributed by atoms with Crippen LogP contribution in [0.15, 0.2) is 42.9 Å². The molecule has 3 heteroatoms. The van der Waals surface area contributed by atoms with Crippen molar-refractivity contribution in [3.8, 4) is 11.3 Å². The molecule has 2 fully saturated rings. The number of imidazole rings is 1. The largest absolute Gasteiger partial charge is 0.334 e. The van der Waals surface area contributed by atoms with Gasteiger partial charge in [-0.3, -0.25) is 4.79 Å². The zero-order valence-corrected chi connectivity index (χ0v) is 15.6. The second-order valence-electron chi connectivity index (χ2n) is 8.25. The van der Waals surface area contributed by atoms with Gasteiger partial charge in [-0.25, -0.2) is 4.98 Å². The minimum atomic E-state index is 0.310. The van der Waals surface area contributed by atoms with Crippen molar-refractivity contribution >= 4 is 5.78 Å². The molecule has 0 bridgehead atoms. The molecular weight excluding hydrogens is 320 g/mol. The van der Waals surface area contributed by atoms with Gasteiger partial charge in [0, 0.05) is 30.1 Å². The zero-order valence-electron chi connectivity index (χ0n) is 15.6. The van der Waals surface area contributed by atoms with Crippen molar-refractivity contribution in [1.29, 1.82) is 0 Å². The summed E-state index contributed by atoms with van der Waals surface area (Å²) in [6, 6.07) is 10.8. The Morgan fingerprint density at radius 3 is 2.42 bits per heavy atom. The highest BCUT2D eigenvalue weighted by atomic mass is 16.1. The molecule has 1 aromatic heterocycles. The molecule has 0 N–H and O–H groups in total. The van der Waals surface area contributed by atoms with Crippen LogP contribution in [0, 0.1) is 11.8 Å². The summed E-state index contributed by atoms with van der Waals surface area (Å²) in [6.07, 6.45) is 15.9. The van der Waals surface area contributed by atoms with Gasteiger partial charge >= 0.3 is 0 Å². The first-order valence-electron chi connectivity index (χ1n) is 10.4. The highest BCUT2D eigenvalue weighted by Gasteiger charge is 2.28. The summed E-state index contributed by atoms with van der Waals surface area (Å²) < 4.78 is 2.27. The number of rotatable bonds is 5. The Labute approximate surface area is 156 Å². The van der Waals surface area contributed by atoms with Crippen LogP contribution in [-0.4, -0.2) is 15.3 Å². The number of carbonyl (C=O) groups is 1. The van der Waals surface area contributed by atoms with Crippen molar-refractivity contribution in [2.75, 3.05) is 0 Å². The van der Waals surface area contributed by atoms with Crippen LogP contribution in [0.4, 0.5) is 0 Å². The van der Waals surface area contributed by atoms with Gasteiger partial charge < -0.3 is 4.57 Å². The van der Waals surface area contributed by atoms with Crippen molar-refractivity contribution in [2.24, 2.45) is 11.8 Å². The minimum absolute atomic E-state index is 0.310. The number of hydrogen-bond acceptors (Lipinski definition) is 2. The number of hydrogen-bond donors (Lipinski definition) is 0. The van der Waals surface area contributed by atoms with E-state index in [1.54, 1.807) is 0 Å². The standard InChI is InChI=1S/C23H30N2O/c26-23(15-18-7-3-1-4-8-18)20-11-13-21(14-12-20)25-16-22(24-17-25)19-9-5-2-6-10-19/h2,5-6,9-10,16-18,20-21H,1,3-4,7-8,11-15H2. The van der Waals surface area contributed by atoms with E-state index in [0.29, 0.717) is 23.7 Å². The van der Waals surface area contributed by atoms with Gasteiger partial charge in [0.2, 0.25) is 0 Å². The molecule has 4 rings (SSSR count). The van der Waals surface area contributed by atoms with Crippen molar-refractivity contribution < 1.29 is 4.79 Å². The summed E-state index contributed by atoms with van der Waals surface area (Å²) >= 11 is 0. The Balaban J connectivity index is 1.31. The lowest BCUT2D eigenvalue weighted by Crippen LogP contribution is -2.25. The smallest absolute Gasteiger partial charge is 0.136 e. The van der Waals surface area contributed by atoms with Gasteiger partial charge in [0.15, 0.2) is 0 Å². The molecule has 2 aromatic rings. The third-order valence-corrected chi connectivity index (χ3v) is 6.46. The third-order valence-electron chi connectivity index (χ3n) is 6.46. The fourth-order valence-corrected chi connectivity index (χ4v) is 4.83. The number of ketones is 1. The van der Waals surface area contributed by atoms with E-state index in [1.807, 2.05) is 12.4 Å². The Hall–Kier alpha value is -1.90. The average Bonchev–Trinajstić information content (AvgIpc) is 3.20. The molecular formula is C23H30N2O. The molecule has 0 atom stereocenters. The Kier molecular flexibility index (Phi) is 5.52. The van der Waals surface area contributed by atoms with Crippen LogP contribution in [-0.2, 0) is 4.79 Å². The van der Waals surface area contributed by atoms with Crippen molar-refractivity contribution in [3.05, 3.63) is 42.9 Å². The molecule has 0 unspecified atom stereocenters. The predicted octanol–water partition coefficient (Wildman–Crippen LogP) is 5.82. The highest BCUT2D eigenvalue weighted by molar-refractivity contribution is 5.81. The quantitative estimate of drug-likeness (QED) is 0.681. The molecule has 1 aromatic carbocycles. The van der Waals surface area contributed by atoms with E-state index >= 15 is 0 Å². The SMILES string of the molecule is O=C(CC1CCCCC1)C1CCC(n2cnc(-c3ccccc3)c2)CC1. The van der Waals surface area contributed by atoms with Crippen LogP contribution >= 0.6 is 0 Å². The van der Waals surface area contributed by atoms with Crippen molar-refractivity contribution in [2.45, 2.75) is 70.3 Å². The number of nitrogens with zero attached hydrogens (tertiary/aromatic N) is 2. The lowest BCUT2D eigenvalue weighted by Gasteiger charge is -2.30. The van der Waals surface area contributed by atoms with Crippen LogP contribution in [0.5, 0.6) is 0 Å². The average molecular weight is 351 g/mol. The predicted molar refractivity (Wildman–Crippen MR) is 105 cm³/mol. The molecule has 0 amide bonds. The van der Waals surface area contributed by atoms with E-state index in [-0.39, 0.29) is 0 Å². The summed E-state index contributed by atoms with van der Waals surface area (Å²) in [5.41, 5.74) is 2.21. The number of Topliss-reactive ketones (excluding diaryl/α,β-unsaturated/α-hetero) is 1. The topological polar surface area (TPSA) is 34.9 Å². The van der Waals surface area contributed by atoms with E-state index in [2.05, 4.69) is 40.0 Å². The molecule has 0 saturated heterocycles. The van der Waals surface area contributed by atoms with Gasteiger partial charge in [-0.05, 0) is 31.6 Å². The summed E-state index contributed by atoms with van der Waals surface area (Å²) in [4.78, 5) is 17.3. The van der Waals surface area contributed by atoms with E-state index < -0.39 is 0 Å². The normalized spacial score (nSPS) is 24.5. The maximum Gasteiger partial charge on any atom is 0.136 e. The molecule has 26 heavy (non-hydrogen) atoms. The molecule has 2 saturated carbocycles. The first kappa shape index (κ1) is 17.5. The van der Waals surface area contributed by atoms with Crippen LogP contribution in [0.1, 0.15) is 70.3 Å². The van der Waals surface area contributed by atoms with Crippen LogP contribution in [0.2, 0.25) is 0 Å². The molecule has 1 heterocycles. The number of aromatic nitrogens is 2. The van der Waals surface area contributed by atoms with E-state index in [9.17, 15) is 4.79 Å². The first-order valence-corrected chi connectivity index (χ1v) is 10.4. The lowest BCUT2D eigenvalue weighted by atomic mass is 9.78. The monoisotopic (exact) mass is 350 g/mol. The molecule has 0 spiro atoms. The van der Waals surface area contributed by atoms with Gasteiger partial charge in [-0.2, -0.15) is 0 Å². The molecule has 0 aliphatic heterocycles. The molecule has 138 valence electrons. The maximum atomic E-state index is 12.7. The Bertz CT molecular complexity index is 707. The van der Waals surface area contributed by atoms with Gasteiger partial charge in [0.1, 0.15) is 5.78 Å². The van der Waals surface area contributed by atoms with Gasteiger partial charge in [0.05, 0.1) is 12.0 Å². The van der Waals surface area contributed by atoms with E-state index in [1.165, 1.54) is 37.7 Å². The van der Waals surface area contributed by atoms with Gasteiger partial charge in [0.25, 0.3) is 0 Å². The minimum Gasteiger partial charge on any atom is -0.334 e. The maximum absolute atomic E-state index is 12.7. The summed E-state index contributed by atoms with van der Waals surface area (Å²) in [5, 5.41) is 0. The number of benzene rings is 1. The summed E-state index contributed by atoms with van der Waals surface area (Å²) in [7, 11) is 0. The second kappa shape index (κ2) is 8.20. The molecule has 2 aliphatic rings. The first-order chi connectivity index (χ1) is 12.8. The number of carbonyl (C=O) groups excluding carboxylic acids is 1. The highest BCUT2D eigenvalue weighted by Crippen LogP contribution is 2.36.